The Morgan fingerprint density at radius 3 is 2.68 bits per heavy atom. The summed E-state index contributed by atoms with van der Waals surface area (Å²) in [7, 11) is 0. The highest BCUT2D eigenvalue weighted by molar-refractivity contribution is 5.71. The standard InChI is InChI=1S/C14H16FN3O/c1-2-10(9-19)18-14-13(16-7-8-17-14)11-5-3-4-6-12(11)15/h3-8,10,19H,2,9H2,1H3,(H,17,18). The quantitative estimate of drug-likeness (QED) is 0.868. The summed E-state index contributed by atoms with van der Waals surface area (Å²) in [5, 5.41) is 12.3. The molecule has 0 radical (unpaired) electrons. The Balaban J connectivity index is 2.39. The predicted molar refractivity (Wildman–Crippen MR) is 72.2 cm³/mol. The number of anilines is 1. The summed E-state index contributed by atoms with van der Waals surface area (Å²) >= 11 is 0. The minimum atomic E-state index is -0.344. The van der Waals surface area contributed by atoms with Crippen molar-refractivity contribution in [3.63, 3.8) is 0 Å². The van der Waals surface area contributed by atoms with Gasteiger partial charge in [0.1, 0.15) is 11.5 Å². The van der Waals surface area contributed by atoms with Gasteiger partial charge in [-0.1, -0.05) is 19.1 Å². The van der Waals surface area contributed by atoms with Gasteiger partial charge in [0, 0.05) is 18.0 Å². The topological polar surface area (TPSA) is 58.0 Å². The molecule has 0 aliphatic heterocycles. The molecule has 2 N–H and O–H groups in total. The fourth-order valence-electron chi connectivity index (χ4n) is 1.76. The normalized spacial score (nSPS) is 12.2. The lowest BCUT2D eigenvalue weighted by molar-refractivity contribution is 0.271. The van der Waals surface area contributed by atoms with Crippen molar-refractivity contribution < 1.29 is 9.50 Å². The SMILES string of the molecule is CCC(CO)Nc1nccnc1-c1ccccc1F. The molecule has 0 amide bonds. The van der Waals surface area contributed by atoms with Gasteiger partial charge in [-0.25, -0.2) is 9.37 Å². The molecule has 4 nitrogen and oxygen atoms in total. The molecule has 1 heterocycles. The smallest absolute Gasteiger partial charge is 0.152 e. The molecular formula is C14H16FN3O. The number of halogens is 1. The first-order valence-electron chi connectivity index (χ1n) is 6.19. The number of hydrogen-bond donors (Lipinski definition) is 2. The molecule has 1 atom stereocenters. The number of benzene rings is 1. The van der Waals surface area contributed by atoms with Crippen LogP contribution in [0.1, 0.15) is 13.3 Å². The van der Waals surface area contributed by atoms with Crippen LogP contribution in [-0.2, 0) is 0 Å². The Hall–Kier alpha value is -2.01. The molecule has 0 saturated carbocycles. The zero-order chi connectivity index (χ0) is 13.7. The Morgan fingerprint density at radius 2 is 2.00 bits per heavy atom. The lowest BCUT2D eigenvalue weighted by atomic mass is 10.1. The second kappa shape index (κ2) is 6.24. The van der Waals surface area contributed by atoms with Crippen molar-refractivity contribution in [3.05, 3.63) is 42.5 Å². The molecule has 2 aromatic rings. The zero-order valence-corrected chi connectivity index (χ0v) is 10.7. The number of aliphatic hydroxyl groups is 1. The number of nitrogens with one attached hydrogen (secondary N) is 1. The van der Waals surface area contributed by atoms with Crippen LogP contribution in [0.5, 0.6) is 0 Å². The van der Waals surface area contributed by atoms with Crippen molar-refractivity contribution >= 4 is 5.82 Å². The van der Waals surface area contributed by atoms with E-state index >= 15 is 0 Å². The van der Waals surface area contributed by atoms with Crippen molar-refractivity contribution in [1.82, 2.24) is 9.97 Å². The summed E-state index contributed by atoms with van der Waals surface area (Å²) < 4.78 is 13.8. The fourth-order valence-corrected chi connectivity index (χ4v) is 1.76. The second-order valence-electron chi connectivity index (χ2n) is 4.17. The Kier molecular flexibility index (Phi) is 4.41. The van der Waals surface area contributed by atoms with Crippen molar-refractivity contribution in [2.45, 2.75) is 19.4 Å². The maximum absolute atomic E-state index is 13.8. The van der Waals surface area contributed by atoms with Gasteiger partial charge in [0.05, 0.1) is 12.6 Å². The first kappa shape index (κ1) is 13.4. The van der Waals surface area contributed by atoms with Gasteiger partial charge in [-0.3, -0.25) is 4.98 Å². The van der Waals surface area contributed by atoms with Crippen molar-refractivity contribution in [3.8, 4) is 11.3 Å². The lowest BCUT2D eigenvalue weighted by Gasteiger charge is -2.16. The van der Waals surface area contributed by atoms with Gasteiger partial charge < -0.3 is 10.4 Å². The van der Waals surface area contributed by atoms with E-state index in [0.29, 0.717) is 17.1 Å². The van der Waals surface area contributed by atoms with E-state index in [9.17, 15) is 9.50 Å². The van der Waals surface area contributed by atoms with Crippen LogP contribution in [0.3, 0.4) is 0 Å². The number of aromatic nitrogens is 2. The van der Waals surface area contributed by atoms with E-state index in [0.717, 1.165) is 6.42 Å². The lowest BCUT2D eigenvalue weighted by Crippen LogP contribution is -2.23. The summed E-state index contributed by atoms with van der Waals surface area (Å²) in [6, 6.07) is 6.30. The Morgan fingerprint density at radius 1 is 1.26 bits per heavy atom. The van der Waals surface area contributed by atoms with Crippen LogP contribution in [0, 0.1) is 5.82 Å². The van der Waals surface area contributed by atoms with Gasteiger partial charge in [0.2, 0.25) is 0 Å². The molecule has 0 spiro atoms. The third kappa shape index (κ3) is 3.06. The molecular weight excluding hydrogens is 245 g/mol. The van der Waals surface area contributed by atoms with E-state index < -0.39 is 0 Å². The monoisotopic (exact) mass is 261 g/mol. The highest BCUT2D eigenvalue weighted by atomic mass is 19.1. The first-order chi connectivity index (χ1) is 9.26. The fraction of sp³-hybridized carbons (Fsp3) is 0.286. The highest BCUT2D eigenvalue weighted by Gasteiger charge is 2.14. The Labute approximate surface area is 111 Å². The van der Waals surface area contributed by atoms with Gasteiger partial charge >= 0.3 is 0 Å². The highest BCUT2D eigenvalue weighted by Crippen LogP contribution is 2.26. The first-order valence-corrected chi connectivity index (χ1v) is 6.19. The molecule has 0 saturated heterocycles. The summed E-state index contributed by atoms with van der Waals surface area (Å²) in [5.74, 6) is 0.136. The molecule has 19 heavy (non-hydrogen) atoms. The minimum absolute atomic E-state index is 0.0101. The maximum Gasteiger partial charge on any atom is 0.152 e. The Bertz CT molecular complexity index is 544. The third-order valence-electron chi connectivity index (χ3n) is 2.88. The van der Waals surface area contributed by atoms with E-state index in [-0.39, 0.29) is 18.5 Å². The van der Waals surface area contributed by atoms with Gasteiger partial charge in [-0.05, 0) is 18.6 Å². The van der Waals surface area contributed by atoms with Crippen molar-refractivity contribution in [1.29, 1.82) is 0 Å². The summed E-state index contributed by atoms with van der Waals surface area (Å²) in [5.41, 5.74) is 0.846. The number of rotatable bonds is 5. The molecule has 100 valence electrons. The molecule has 5 heteroatoms. The molecule has 1 aromatic heterocycles. The van der Waals surface area contributed by atoms with E-state index in [2.05, 4.69) is 15.3 Å². The van der Waals surface area contributed by atoms with Gasteiger partial charge in [-0.15, -0.1) is 0 Å². The average Bonchev–Trinajstić information content (AvgIpc) is 2.46. The average molecular weight is 261 g/mol. The molecule has 1 aromatic carbocycles. The zero-order valence-electron chi connectivity index (χ0n) is 10.7. The maximum atomic E-state index is 13.8. The molecule has 2 rings (SSSR count). The predicted octanol–water partition coefficient (Wildman–Crippen LogP) is 2.47. The molecule has 0 aliphatic carbocycles. The van der Waals surface area contributed by atoms with Crippen LogP contribution in [0.25, 0.3) is 11.3 Å². The number of nitrogens with zero attached hydrogens (tertiary/aromatic N) is 2. The largest absolute Gasteiger partial charge is 0.394 e. The van der Waals surface area contributed by atoms with Gasteiger partial charge in [0.15, 0.2) is 5.82 Å². The minimum Gasteiger partial charge on any atom is -0.394 e. The van der Waals surface area contributed by atoms with E-state index in [1.807, 2.05) is 6.92 Å². The van der Waals surface area contributed by atoms with Crippen LogP contribution in [0.15, 0.2) is 36.7 Å². The van der Waals surface area contributed by atoms with Gasteiger partial charge in [0.25, 0.3) is 0 Å². The molecule has 0 bridgehead atoms. The van der Waals surface area contributed by atoms with Crippen molar-refractivity contribution in [2.24, 2.45) is 0 Å². The van der Waals surface area contributed by atoms with E-state index in [4.69, 9.17) is 0 Å². The van der Waals surface area contributed by atoms with Crippen LogP contribution in [-0.4, -0.2) is 27.7 Å². The summed E-state index contributed by atoms with van der Waals surface area (Å²) in [6.45, 7) is 1.94. The van der Waals surface area contributed by atoms with Crippen LogP contribution < -0.4 is 5.32 Å². The number of hydrogen-bond acceptors (Lipinski definition) is 4. The van der Waals surface area contributed by atoms with Crippen LogP contribution >= 0.6 is 0 Å². The van der Waals surface area contributed by atoms with Crippen LogP contribution in [0.2, 0.25) is 0 Å². The van der Waals surface area contributed by atoms with Crippen LogP contribution in [0.4, 0.5) is 10.2 Å². The van der Waals surface area contributed by atoms with Gasteiger partial charge in [-0.2, -0.15) is 0 Å². The molecule has 0 fully saturated rings. The second-order valence-corrected chi connectivity index (χ2v) is 4.17. The molecule has 0 aliphatic rings. The van der Waals surface area contributed by atoms with E-state index in [1.165, 1.54) is 18.5 Å². The third-order valence-corrected chi connectivity index (χ3v) is 2.88. The molecule has 1 unspecified atom stereocenters. The summed E-state index contributed by atoms with van der Waals surface area (Å²) in [6.07, 6.45) is 3.80. The van der Waals surface area contributed by atoms with E-state index in [1.54, 1.807) is 18.2 Å². The summed E-state index contributed by atoms with van der Waals surface area (Å²) in [4.78, 5) is 8.37. The van der Waals surface area contributed by atoms with Crippen molar-refractivity contribution in [2.75, 3.05) is 11.9 Å². The number of aliphatic hydroxyl groups excluding tert-OH is 1.